The van der Waals surface area contributed by atoms with Gasteiger partial charge in [-0.3, -0.25) is 5.32 Å². The smallest absolute Gasteiger partial charge is 0.418 e. The van der Waals surface area contributed by atoms with Crippen molar-refractivity contribution in [1.82, 2.24) is 9.88 Å². The van der Waals surface area contributed by atoms with Gasteiger partial charge in [-0.25, -0.2) is 18.6 Å². The third kappa shape index (κ3) is 5.52. The first kappa shape index (κ1) is 21.4. The lowest BCUT2D eigenvalue weighted by atomic mass is 10.1. The van der Waals surface area contributed by atoms with Crippen LogP contribution in [0.25, 0.3) is 0 Å². The van der Waals surface area contributed by atoms with E-state index in [1.165, 1.54) is 12.1 Å². The van der Waals surface area contributed by atoms with E-state index in [1.807, 2.05) is 0 Å². The van der Waals surface area contributed by atoms with Gasteiger partial charge in [0, 0.05) is 25.2 Å². The topological polar surface area (TPSA) is 74.7 Å². The molecule has 1 aromatic carbocycles. The van der Waals surface area contributed by atoms with E-state index in [-0.39, 0.29) is 17.3 Å². The fourth-order valence-electron chi connectivity index (χ4n) is 2.07. The van der Waals surface area contributed by atoms with Gasteiger partial charge >= 0.3 is 12.2 Å². The molecule has 2 aromatic rings. The maximum atomic E-state index is 13.1. The van der Waals surface area contributed by atoms with Gasteiger partial charge in [0.05, 0.1) is 12.7 Å². The summed E-state index contributed by atoms with van der Waals surface area (Å²) in [5.74, 6) is -1.67. The number of rotatable bonds is 5. The first-order valence-corrected chi connectivity index (χ1v) is 7.78. The van der Waals surface area contributed by atoms with Crippen molar-refractivity contribution < 1.29 is 36.6 Å². The zero-order valence-electron chi connectivity index (χ0n) is 14.7. The summed E-state index contributed by atoms with van der Waals surface area (Å²) in [5, 5.41) is 11.7. The molecule has 0 saturated heterocycles. The number of benzene rings is 1. The molecule has 2 rings (SSSR count). The number of anilines is 1. The van der Waals surface area contributed by atoms with Gasteiger partial charge in [0.25, 0.3) is 0 Å². The fourth-order valence-corrected chi connectivity index (χ4v) is 2.07. The van der Waals surface area contributed by atoms with Crippen LogP contribution in [0.1, 0.15) is 6.92 Å². The number of aliphatic hydroxyl groups is 1. The van der Waals surface area contributed by atoms with Crippen LogP contribution >= 0.6 is 0 Å². The van der Waals surface area contributed by atoms with Gasteiger partial charge in [0.2, 0.25) is 0 Å². The van der Waals surface area contributed by atoms with Crippen molar-refractivity contribution in [2.45, 2.75) is 18.7 Å². The van der Waals surface area contributed by atoms with Crippen molar-refractivity contribution in [3.63, 3.8) is 0 Å². The number of nitrogens with zero attached hydrogens (tertiary/aromatic N) is 2. The number of hydrogen-bond donors (Lipinski definition) is 2. The standard InChI is InChI=1S/C17H16F5N3O3/c1-16(27,17(20,21)22)9-25(2)15(26)24-14-4-3-12(8-23-14)28-13-6-10(18)5-11(19)7-13/h3-8,27H,9H2,1-2H3,(H,23,24,26)/t16-/m1/s1. The minimum absolute atomic E-state index is 0.0127. The van der Waals surface area contributed by atoms with Gasteiger partial charge in [-0.15, -0.1) is 0 Å². The monoisotopic (exact) mass is 405 g/mol. The van der Waals surface area contributed by atoms with Crippen LogP contribution in [-0.2, 0) is 0 Å². The molecule has 0 aliphatic rings. The Morgan fingerprint density at radius 3 is 2.29 bits per heavy atom. The van der Waals surface area contributed by atoms with Crippen LogP contribution in [0.5, 0.6) is 11.5 Å². The zero-order chi connectivity index (χ0) is 21.1. The van der Waals surface area contributed by atoms with Gasteiger partial charge in [-0.2, -0.15) is 13.2 Å². The molecule has 0 radical (unpaired) electrons. The van der Waals surface area contributed by atoms with Gasteiger partial charge < -0.3 is 14.7 Å². The zero-order valence-corrected chi connectivity index (χ0v) is 14.7. The van der Waals surface area contributed by atoms with Crippen LogP contribution in [0.4, 0.5) is 32.6 Å². The number of urea groups is 1. The number of amides is 2. The van der Waals surface area contributed by atoms with E-state index in [0.29, 0.717) is 17.9 Å². The average molecular weight is 405 g/mol. The Bertz CT molecular complexity index is 821. The first-order chi connectivity index (χ1) is 12.9. The number of nitrogens with one attached hydrogen (secondary N) is 1. The minimum Gasteiger partial charge on any atom is -0.456 e. The second-order valence-electron chi connectivity index (χ2n) is 6.14. The molecule has 1 aromatic heterocycles. The van der Waals surface area contributed by atoms with Crippen molar-refractivity contribution in [3.05, 3.63) is 48.2 Å². The SMILES string of the molecule is CN(C[C@@](C)(O)C(F)(F)F)C(=O)Nc1ccc(Oc2cc(F)cc(F)c2)cn1. The van der Waals surface area contributed by atoms with Crippen molar-refractivity contribution in [2.24, 2.45) is 0 Å². The van der Waals surface area contributed by atoms with E-state index < -0.39 is 36.0 Å². The molecule has 0 unspecified atom stereocenters. The molecular formula is C17H16F5N3O3. The number of carbonyl (C=O) groups excluding carboxylic acids is 1. The molecule has 6 nitrogen and oxygen atoms in total. The molecule has 1 heterocycles. The lowest BCUT2D eigenvalue weighted by Crippen LogP contribution is -2.52. The highest BCUT2D eigenvalue weighted by atomic mass is 19.4. The third-order valence-electron chi connectivity index (χ3n) is 3.55. The number of alkyl halides is 3. The van der Waals surface area contributed by atoms with E-state index in [4.69, 9.17) is 4.74 Å². The number of ether oxygens (including phenoxy) is 1. The summed E-state index contributed by atoms with van der Waals surface area (Å²) in [4.78, 5) is 16.4. The molecule has 0 bridgehead atoms. The predicted molar refractivity (Wildman–Crippen MR) is 89.0 cm³/mol. The minimum atomic E-state index is -4.91. The summed E-state index contributed by atoms with van der Waals surface area (Å²) < 4.78 is 69.5. The maximum Gasteiger partial charge on any atom is 0.418 e. The van der Waals surface area contributed by atoms with Crippen molar-refractivity contribution in [1.29, 1.82) is 0 Å². The molecule has 0 aliphatic carbocycles. The quantitative estimate of drug-likeness (QED) is 0.740. The van der Waals surface area contributed by atoms with E-state index in [9.17, 15) is 31.9 Å². The van der Waals surface area contributed by atoms with Crippen molar-refractivity contribution in [2.75, 3.05) is 18.9 Å². The lowest BCUT2D eigenvalue weighted by molar-refractivity contribution is -0.254. The summed E-state index contributed by atoms with van der Waals surface area (Å²) in [6.45, 7) is -0.439. The number of likely N-dealkylation sites (N-methyl/N-ethyl adjacent to an activating group) is 1. The van der Waals surface area contributed by atoms with Gasteiger partial charge in [0.1, 0.15) is 29.0 Å². The Morgan fingerprint density at radius 1 is 1.18 bits per heavy atom. The van der Waals surface area contributed by atoms with Gasteiger partial charge in [0.15, 0.2) is 5.60 Å². The lowest BCUT2D eigenvalue weighted by Gasteiger charge is -2.30. The Labute approximate surface area is 156 Å². The van der Waals surface area contributed by atoms with Gasteiger partial charge in [-0.1, -0.05) is 0 Å². The van der Waals surface area contributed by atoms with E-state index in [0.717, 1.165) is 25.4 Å². The second kappa shape index (κ2) is 7.97. The van der Waals surface area contributed by atoms with Crippen LogP contribution in [0.15, 0.2) is 36.5 Å². The van der Waals surface area contributed by atoms with Gasteiger partial charge in [-0.05, 0) is 19.1 Å². The third-order valence-corrected chi connectivity index (χ3v) is 3.55. The van der Waals surface area contributed by atoms with Crippen molar-refractivity contribution >= 4 is 11.8 Å². The van der Waals surface area contributed by atoms with E-state index >= 15 is 0 Å². The summed E-state index contributed by atoms with van der Waals surface area (Å²) >= 11 is 0. The van der Waals surface area contributed by atoms with E-state index in [1.54, 1.807) is 0 Å². The average Bonchev–Trinajstić information content (AvgIpc) is 2.54. The Balaban J connectivity index is 1.99. The maximum absolute atomic E-state index is 13.1. The van der Waals surface area contributed by atoms with Crippen LogP contribution in [0.3, 0.4) is 0 Å². The van der Waals surface area contributed by atoms with E-state index in [2.05, 4.69) is 10.3 Å². The molecule has 0 aliphatic heterocycles. The summed E-state index contributed by atoms with van der Waals surface area (Å²) in [7, 11) is 1.07. The molecule has 152 valence electrons. The van der Waals surface area contributed by atoms with Crippen LogP contribution in [0.2, 0.25) is 0 Å². The highest BCUT2D eigenvalue weighted by Gasteiger charge is 2.50. The molecule has 1 atom stereocenters. The second-order valence-corrected chi connectivity index (χ2v) is 6.14. The summed E-state index contributed by atoms with van der Waals surface area (Å²) in [5.41, 5.74) is -3.08. The number of aromatic nitrogens is 1. The van der Waals surface area contributed by atoms with Crippen LogP contribution in [-0.4, -0.2) is 46.4 Å². The number of halogens is 5. The molecule has 0 saturated carbocycles. The highest BCUT2D eigenvalue weighted by molar-refractivity contribution is 5.88. The Morgan fingerprint density at radius 2 is 1.79 bits per heavy atom. The largest absolute Gasteiger partial charge is 0.456 e. The molecule has 2 N–H and O–H groups in total. The molecular weight excluding hydrogens is 389 g/mol. The Hall–Kier alpha value is -2.95. The molecule has 0 spiro atoms. The number of hydrogen-bond acceptors (Lipinski definition) is 4. The van der Waals surface area contributed by atoms with Crippen molar-refractivity contribution in [3.8, 4) is 11.5 Å². The summed E-state index contributed by atoms with van der Waals surface area (Å²) in [6, 6.07) is 4.27. The molecule has 28 heavy (non-hydrogen) atoms. The highest BCUT2D eigenvalue weighted by Crippen LogP contribution is 2.30. The Kier molecular flexibility index (Phi) is 6.07. The number of carbonyl (C=O) groups is 1. The predicted octanol–water partition coefficient (Wildman–Crippen LogP) is 3.93. The fraction of sp³-hybridized carbons (Fsp3) is 0.294. The van der Waals surface area contributed by atoms with Crippen LogP contribution in [0, 0.1) is 11.6 Å². The molecule has 11 heteroatoms. The normalized spacial score (nSPS) is 13.6. The molecule has 0 fully saturated rings. The summed E-state index contributed by atoms with van der Waals surface area (Å²) in [6.07, 6.45) is -3.76. The first-order valence-electron chi connectivity index (χ1n) is 7.78. The number of pyridine rings is 1. The van der Waals surface area contributed by atoms with Crippen LogP contribution < -0.4 is 10.1 Å². The molecule has 2 amide bonds.